The number of carbonyl (C=O) groups excluding carboxylic acids is 1. The molecule has 1 amide bonds. The van der Waals surface area contributed by atoms with Gasteiger partial charge in [-0.25, -0.2) is 4.99 Å². The lowest BCUT2D eigenvalue weighted by Crippen LogP contribution is -2.46. The van der Waals surface area contributed by atoms with Crippen LogP contribution in [0.25, 0.3) is 0 Å². The Morgan fingerprint density at radius 2 is 2.12 bits per heavy atom. The number of carbonyl (C=O) groups is 1. The standard InChI is InChI=1S/C17H30N6O/c1-5-15-13(12-23(4)21-15)10-18-17(19-11-16(24)22(2)3)20-14-8-6-7-9-14/h12,14H,5-11H2,1-4H3,(H2,18,19,20). The van der Waals surface area contributed by atoms with Crippen molar-refractivity contribution in [2.45, 2.75) is 51.6 Å². The minimum atomic E-state index is 0.0338. The Kier molecular flexibility index (Phi) is 6.63. The molecule has 0 spiro atoms. The van der Waals surface area contributed by atoms with Gasteiger partial charge in [0.25, 0.3) is 0 Å². The predicted molar refractivity (Wildman–Crippen MR) is 95.8 cm³/mol. The number of nitrogens with zero attached hydrogens (tertiary/aromatic N) is 4. The van der Waals surface area contributed by atoms with Crippen molar-refractivity contribution in [3.8, 4) is 0 Å². The van der Waals surface area contributed by atoms with Crippen LogP contribution in [0.2, 0.25) is 0 Å². The van der Waals surface area contributed by atoms with E-state index in [0.29, 0.717) is 18.5 Å². The second-order valence-electron chi connectivity index (χ2n) is 6.56. The number of rotatable bonds is 6. The molecule has 7 nitrogen and oxygen atoms in total. The summed E-state index contributed by atoms with van der Waals surface area (Å²) in [6.45, 7) is 2.91. The van der Waals surface area contributed by atoms with Crippen LogP contribution in [0.1, 0.15) is 43.9 Å². The van der Waals surface area contributed by atoms with E-state index < -0.39 is 0 Å². The molecule has 0 aliphatic heterocycles. The number of amides is 1. The fourth-order valence-corrected chi connectivity index (χ4v) is 2.91. The number of hydrogen-bond acceptors (Lipinski definition) is 3. The zero-order valence-electron chi connectivity index (χ0n) is 15.3. The highest BCUT2D eigenvalue weighted by Gasteiger charge is 2.17. The van der Waals surface area contributed by atoms with E-state index in [1.807, 2.05) is 17.9 Å². The fourth-order valence-electron chi connectivity index (χ4n) is 2.91. The molecule has 0 unspecified atom stereocenters. The first-order valence-corrected chi connectivity index (χ1v) is 8.76. The third kappa shape index (κ3) is 5.25. The van der Waals surface area contributed by atoms with Crippen molar-refractivity contribution in [3.63, 3.8) is 0 Å². The maximum atomic E-state index is 11.8. The summed E-state index contributed by atoms with van der Waals surface area (Å²) in [6.07, 6.45) is 7.74. The van der Waals surface area contributed by atoms with E-state index in [1.165, 1.54) is 12.8 Å². The molecule has 1 aliphatic carbocycles. The molecule has 0 saturated heterocycles. The average Bonchev–Trinajstić information content (AvgIpc) is 3.18. The van der Waals surface area contributed by atoms with Gasteiger partial charge in [0.15, 0.2) is 5.96 Å². The predicted octanol–water partition coefficient (Wildman–Crippen LogP) is 1.05. The van der Waals surface area contributed by atoms with Gasteiger partial charge in [-0.2, -0.15) is 5.10 Å². The number of aliphatic imine (C=N–C) groups is 1. The van der Waals surface area contributed by atoms with Crippen LogP contribution in [-0.4, -0.2) is 53.2 Å². The molecule has 1 heterocycles. The van der Waals surface area contributed by atoms with E-state index in [-0.39, 0.29) is 12.5 Å². The number of hydrogen-bond donors (Lipinski definition) is 2. The highest BCUT2D eigenvalue weighted by atomic mass is 16.2. The van der Waals surface area contributed by atoms with Crippen molar-refractivity contribution < 1.29 is 4.79 Å². The molecular formula is C17H30N6O. The minimum Gasteiger partial charge on any atom is -0.354 e. The lowest BCUT2D eigenvalue weighted by atomic mass is 10.2. The number of guanidine groups is 1. The van der Waals surface area contributed by atoms with Crippen LogP contribution in [0.15, 0.2) is 11.2 Å². The van der Waals surface area contributed by atoms with Crippen molar-refractivity contribution in [2.75, 3.05) is 20.6 Å². The molecule has 1 saturated carbocycles. The van der Waals surface area contributed by atoms with Crippen LogP contribution in [0.4, 0.5) is 0 Å². The summed E-state index contributed by atoms with van der Waals surface area (Å²) in [5.74, 6) is 0.745. The lowest BCUT2D eigenvalue weighted by Gasteiger charge is -2.18. The molecule has 134 valence electrons. The smallest absolute Gasteiger partial charge is 0.241 e. The van der Waals surface area contributed by atoms with Crippen molar-refractivity contribution in [1.82, 2.24) is 25.3 Å². The van der Waals surface area contributed by atoms with Crippen LogP contribution in [-0.2, 0) is 24.8 Å². The molecule has 1 fully saturated rings. The molecule has 24 heavy (non-hydrogen) atoms. The summed E-state index contributed by atoms with van der Waals surface area (Å²) >= 11 is 0. The van der Waals surface area contributed by atoms with Gasteiger partial charge in [0.2, 0.25) is 5.91 Å². The van der Waals surface area contributed by atoms with E-state index in [1.54, 1.807) is 19.0 Å². The van der Waals surface area contributed by atoms with Crippen LogP contribution in [0.5, 0.6) is 0 Å². The second kappa shape index (κ2) is 8.70. The SMILES string of the molecule is CCc1nn(C)cc1CN=C(NCC(=O)N(C)C)NC1CCCC1. The Morgan fingerprint density at radius 1 is 1.42 bits per heavy atom. The number of nitrogens with one attached hydrogen (secondary N) is 2. The third-order valence-electron chi connectivity index (χ3n) is 4.34. The molecule has 1 aliphatic rings. The number of likely N-dealkylation sites (N-methyl/N-ethyl adjacent to an activating group) is 1. The average molecular weight is 334 g/mol. The summed E-state index contributed by atoms with van der Waals surface area (Å²) in [5, 5.41) is 11.1. The van der Waals surface area contributed by atoms with Gasteiger partial charge >= 0.3 is 0 Å². The Morgan fingerprint density at radius 3 is 2.75 bits per heavy atom. The second-order valence-corrected chi connectivity index (χ2v) is 6.56. The van der Waals surface area contributed by atoms with Crippen molar-refractivity contribution in [2.24, 2.45) is 12.0 Å². The molecule has 0 radical (unpaired) electrons. The van der Waals surface area contributed by atoms with Crippen LogP contribution in [0.3, 0.4) is 0 Å². The molecule has 0 bridgehead atoms. The Bertz CT molecular complexity index is 572. The largest absolute Gasteiger partial charge is 0.354 e. The molecule has 7 heteroatoms. The monoisotopic (exact) mass is 334 g/mol. The molecule has 0 aromatic carbocycles. The molecule has 0 atom stereocenters. The van der Waals surface area contributed by atoms with Gasteiger partial charge in [0.05, 0.1) is 18.8 Å². The van der Waals surface area contributed by atoms with E-state index >= 15 is 0 Å². The molecule has 2 N–H and O–H groups in total. The summed E-state index contributed by atoms with van der Waals surface area (Å²) in [5.41, 5.74) is 2.21. The van der Waals surface area contributed by atoms with Crippen molar-refractivity contribution in [1.29, 1.82) is 0 Å². The van der Waals surface area contributed by atoms with E-state index in [2.05, 4.69) is 27.6 Å². The highest BCUT2D eigenvalue weighted by Crippen LogP contribution is 2.17. The summed E-state index contributed by atoms with van der Waals surface area (Å²) in [4.78, 5) is 18.1. The van der Waals surface area contributed by atoms with Crippen LogP contribution < -0.4 is 10.6 Å². The topological polar surface area (TPSA) is 74.5 Å². The first-order chi connectivity index (χ1) is 11.5. The Labute approximate surface area is 144 Å². The zero-order chi connectivity index (χ0) is 17.5. The van der Waals surface area contributed by atoms with E-state index in [9.17, 15) is 4.79 Å². The first kappa shape index (κ1) is 18.3. The van der Waals surface area contributed by atoms with E-state index in [4.69, 9.17) is 0 Å². The van der Waals surface area contributed by atoms with Gasteiger partial charge < -0.3 is 15.5 Å². The molecule has 2 rings (SSSR count). The van der Waals surface area contributed by atoms with Gasteiger partial charge in [-0.05, 0) is 19.3 Å². The van der Waals surface area contributed by atoms with Gasteiger partial charge in [-0.15, -0.1) is 0 Å². The Balaban J connectivity index is 2.03. The van der Waals surface area contributed by atoms with E-state index in [0.717, 1.165) is 30.5 Å². The number of aromatic nitrogens is 2. The third-order valence-corrected chi connectivity index (χ3v) is 4.34. The highest BCUT2D eigenvalue weighted by molar-refractivity contribution is 5.86. The van der Waals surface area contributed by atoms with Crippen LogP contribution >= 0.6 is 0 Å². The van der Waals surface area contributed by atoms with Gasteiger partial charge in [-0.1, -0.05) is 19.8 Å². The molecule has 1 aromatic rings. The summed E-state index contributed by atoms with van der Waals surface area (Å²) in [7, 11) is 5.45. The Hall–Kier alpha value is -2.05. The quantitative estimate of drug-likeness (QED) is 0.602. The maximum Gasteiger partial charge on any atom is 0.241 e. The molecule has 1 aromatic heterocycles. The lowest BCUT2D eigenvalue weighted by molar-refractivity contribution is -0.127. The van der Waals surface area contributed by atoms with Gasteiger partial charge in [0.1, 0.15) is 0 Å². The normalized spacial score (nSPS) is 15.6. The minimum absolute atomic E-state index is 0.0338. The summed E-state index contributed by atoms with van der Waals surface area (Å²) < 4.78 is 1.83. The fraction of sp³-hybridized carbons (Fsp3) is 0.706. The van der Waals surface area contributed by atoms with Crippen molar-refractivity contribution in [3.05, 3.63) is 17.5 Å². The first-order valence-electron chi connectivity index (χ1n) is 8.76. The zero-order valence-corrected chi connectivity index (χ0v) is 15.3. The maximum absolute atomic E-state index is 11.8. The van der Waals surface area contributed by atoms with Gasteiger partial charge in [-0.3, -0.25) is 9.48 Å². The molecular weight excluding hydrogens is 304 g/mol. The summed E-state index contributed by atoms with van der Waals surface area (Å²) in [6, 6.07) is 0.449. The van der Waals surface area contributed by atoms with Crippen molar-refractivity contribution >= 4 is 11.9 Å². The van der Waals surface area contributed by atoms with Crippen LogP contribution in [0, 0.1) is 0 Å². The number of aryl methyl sites for hydroxylation is 2. The van der Waals surface area contributed by atoms with Gasteiger partial charge in [0, 0.05) is 38.9 Å².